The van der Waals surface area contributed by atoms with Crippen molar-refractivity contribution >= 4 is 55.0 Å². The molecule has 0 aliphatic carbocycles. The Morgan fingerprint density at radius 2 is 2.07 bits per heavy atom. The van der Waals surface area contributed by atoms with Gasteiger partial charge in [-0.3, -0.25) is 13.8 Å². The van der Waals surface area contributed by atoms with Crippen molar-refractivity contribution in [2.75, 3.05) is 0 Å². The first-order valence-corrected chi connectivity index (χ1v) is 10.8. The first kappa shape index (κ1) is 18.8. The molecule has 12 heteroatoms. The third-order valence-corrected chi connectivity index (χ3v) is 7.02. The van der Waals surface area contributed by atoms with E-state index < -0.39 is 4.92 Å². The molecule has 0 fully saturated rings. The Hall–Kier alpha value is -3.25. The third kappa shape index (κ3) is 2.64. The van der Waals surface area contributed by atoms with E-state index in [0.29, 0.717) is 27.2 Å². The fourth-order valence-corrected chi connectivity index (χ4v) is 5.54. The van der Waals surface area contributed by atoms with E-state index >= 15 is 0 Å². The molecule has 0 spiro atoms. The van der Waals surface area contributed by atoms with Crippen molar-refractivity contribution in [2.45, 2.75) is 30.1 Å². The molecule has 0 saturated carbocycles. The van der Waals surface area contributed by atoms with Gasteiger partial charge in [0.25, 0.3) is 5.56 Å². The van der Waals surface area contributed by atoms with Crippen molar-refractivity contribution in [3.63, 3.8) is 0 Å². The Morgan fingerprint density at radius 3 is 2.83 bits per heavy atom. The van der Waals surface area contributed by atoms with Gasteiger partial charge >= 0.3 is 5.82 Å². The van der Waals surface area contributed by atoms with Crippen molar-refractivity contribution in [2.24, 2.45) is 7.05 Å². The first-order chi connectivity index (χ1) is 14.5. The van der Waals surface area contributed by atoms with Crippen LogP contribution in [0.4, 0.5) is 5.82 Å². The van der Waals surface area contributed by atoms with Crippen LogP contribution in [0.15, 0.2) is 45.6 Å². The monoisotopic (exact) mass is 441 g/mol. The van der Waals surface area contributed by atoms with Gasteiger partial charge in [0.15, 0.2) is 5.03 Å². The quantitative estimate of drug-likeness (QED) is 0.303. The maximum atomic E-state index is 13.2. The molecule has 0 aliphatic heterocycles. The van der Waals surface area contributed by atoms with E-state index in [2.05, 4.69) is 15.2 Å². The fourth-order valence-electron chi connectivity index (χ4n) is 3.47. The summed E-state index contributed by atoms with van der Waals surface area (Å²) < 4.78 is 6.61. The smallest absolute Gasteiger partial charge is 0.358 e. The number of nitrogens with zero attached hydrogens (tertiary/aromatic N) is 7. The molecule has 0 N–H and O–H groups in total. The second kappa shape index (κ2) is 6.92. The summed E-state index contributed by atoms with van der Waals surface area (Å²) in [5, 5.41) is 21.7. The maximum Gasteiger partial charge on any atom is 0.396 e. The van der Waals surface area contributed by atoms with Crippen molar-refractivity contribution in [1.29, 1.82) is 0 Å². The number of aromatic nitrogens is 6. The van der Waals surface area contributed by atoms with Gasteiger partial charge in [-0.1, -0.05) is 25.1 Å². The fraction of sp³-hybridized carbons (Fsp3) is 0.222. The summed E-state index contributed by atoms with van der Waals surface area (Å²) in [5.41, 5.74) is 0.622. The van der Waals surface area contributed by atoms with Gasteiger partial charge in [-0.15, -0.1) is 21.5 Å². The molecular formula is C18H15N7O3S2. The Kier molecular flexibility index (Phi) is 4.33. The predicted octanol–water partition coefficient (Wildman–Crippen LogP) is 3.46. The minimum absolute atomic E-state index is 0.101. The van der Waals surface area contributed by atoms with Crippen molar-refractivity contribution in [3.05, 3.63) is 51.1 Å². The Bertz CT molecular complexity index is 1510. The zero-order valence-electron chi connectivity index (χ0n) is 16.0. The number of rotatable bonds is 5. The molecule has 0 unspecified atom stereocenters. The maximum absolute atomic E-state index is 13.2. The van der Waals surface area contributed by atoms with Crippen LogP contribution in [0.5, 0.6) is 0 Å². The number of benzene rings is 1. The van der Waals surface area contributed by atoms with E-state index in [1.165, 1.54) is 17.7 Å². The van der Waals surface area contributed by atoms with E-state index in [0.717, 1.165) is 33.8 Å². The molecular weight excluding hydrogens is 426 g/mol. The van der Waals surface area contributed by atoms with E-state index in [9.17, 15) is 14.9 Å². The van der Waals surface area contributed by atoms with Gasteiger partial charge in [0.1, 0.15) is 4.70 Å². The summed E-state index contributed by atoms with van der Waals surface area (Å²) in [5.74, 6) is 0.178. The highest BCUT2D eigenvalue weighted by atomic mass is 32.2. The van der Waals surface area contributed by atoms with E-state index in [-0.39, 0.29) is 11.4 Å². The summed E-state index contributed by atoms with van der Waals surface area (Å²) in [6, 6.07) is 7.78. The number of thiophene rings is 1. The lowest BCUT2D eigenvalue weighted by molar-refractivity contribution is -0.392. The second-order valence-electron chi connectivity index (χ2n) is 6.69. The zero-order chi connectivity index (χ0) is 21.0. The van der Waals surface area contributed by atoms with Crippen LogP contribution in [-0.4, -0.2) is 33.6 Å². The summed E-state index contributed by atoms with van der Waals surface area (Å²) in [6.07, 6.45) is 2.15. The third-order valence-electron chi connectivity index (χ3n) is 4.76. The molecule has 5 rings (SSSR count). The van der Waals surface area contributed by atoms with Gasteiger partial charge in [-0.25, -0.2) is 0 Å². The van der Waals surface area contributed by atoms with Gasteiger partial charge < -0.3 is 14.7 Å². The molecule has 5 aromatic rings. The predicted molar refractivity (Wildman–Crippen MR) is 114 cm³/mol. The largest absolute Gasteiger partial charge is 0.396 e. The second-order valence-corrected chi connectivity index (χ2v) is 8.70. The number of aryl methyl sites for hydroxylation is 2. The summed E-state index contributed by atoms with van der Waals surface area (Å²) in [7, 11) is 1.69. The number of hydrogen-bond acceptors (Lipinski definition) is 8. The van der Waals surface area contributed by atoms with Crippen LogP contribution in [0, 0.1) is 10.1 Å². The lowest BCUT2D eigenvalue weighted by atomic mass is 10.2. The minimum atomic E-state index is -0.520. The molecule has 1 aromatic carbocycles. The Morgan fingerprint density at radius 1 is 1.27 bits per heavy atom. The van der Waals surface area contributed by atoms with Gasteiger partial charge in [-0.05, 0) is 34.2 Å². The molecule has 0 saturated heterocycles. The molecule has 152 valence electrons. The first-order valence-electron chi connectivity index (χ1n) is 9.14. The minimum Gasteiger partial charge on any atom is -0.358 e. The molecule has 4 aromatic heterocycles. The normalized spacial score (nSPS) is 11.8. The lowest BCUT2D eigenvalue weighted by Crippen LogP contribution is -2.22. The number of fused-ring (bicyclic) bond motifs is 5. The zero-order valence-corrected chi connectivity index (χ0v) is 17.6. The van der Waals surface area contributed by atoms with Crippen molar-refractivity contribution < 1.29 is 4.92 Å². The van der Waals surface area contributed by atoms with Crippen molar-refractivity contribution in [1.82, 2.24) is 28.7 Å². The summed E-state index contributed by atoms with van der Waals surface area (Å²) >= 11 is 2.54. The lowest BCUT2D eigenvalue weighted by Gasteiger charge is -2.08. The molecule has 0 atom stereocenters. The van der Waals surface area contributed by atoms with Gasteiger partial charge in [0.2, 0.25) is 17.3 Å². The van der Waals surface area contributed by atoms with Gasteiger partial charge in [0, 0.05) is 23.7 Å². The van der Waals surface area contributed by atoms with Crippen LogP contribution in [0.2, 0.25) is 0 Å². The van der Waals surface area contributed by atoms with Crippen molar-refractivity contribution in [3.8, 4) is 0 Å². The number of nitro groups is 1. The van der Waals surface area contributed by atoms with E-state index in [1.807, 2.05) is 35.6 Å². The summed E-state index contributed by atoms with van der Waals surface area (Å²) in [4.78, 5) is 27.9. The van der Waals surface area contributed by atoms with Crippen LogP contribution in [0.3, 0.4) is 0 Å². The van der Waals surface area contributed by atoms with Gasteiger partial charge in [-0.2, -0.15) is 0 Å². The highest BCUT2D eigenvalue weighted by molar-refractivity contribution is 7.99. The van der Waals surface area contributed by atoms with Gasteiger partial charge in [0.05, 0.1) is 5.52 Å². The van der Waals surface area contributed by atoms with Crippen LogP contribution in [-0.2, 0) is 13.6 Å². The van der Waals surface area contributed by atoms with Crippen LogP contribution in [0.25, 0.3) is 26.1 Å². The molecule has 4 heterocycles. The Labute approximate surface area is 176 Å². The topological polar surface area (TPSA) is 113 Å². The SMILES string of the molecule is CCCn1c(=O)c2sc3ccccc3c2n2c(Sc3c([N+](=O)[O-])ncn3C)nnc12. The van der Waals surface area contributed by atoms with Crippen LogP contribution >= 0.6 is 23.1 Å². The van der Waals surface area contributed by atoms with Crippen LogP contribution < -0.4 is 5.56 Å². The molecule has 0 aliphatic rings. The molecule has 0 radical (unpaired) electrons. The van der Waals surface area contributed by atoms with E-state index in [4.69, 9.17) is 0 Å². The highest BCUT2D eigenvalue weighted by Crippen LogP contribution is 2.37. The average molecular weight is 441 g/mol. The molecule has 0 amide bonds. The highest BCUT2D eigenvalue weighted by Gasteiger charge is 2.26. The van der Waals surface area contributed by atoms with Crippen LogP contribution in [0.1, 0.15) is 13.3 Å². The standard InChI is InChI=1S/C18H15N7O3S2/c1-3-8-23-15(26)13-12(10-6-4-5-7-11(10)29-13)24-17(23)20-21-18(24)30-16-14(25(27)28)19-9-22(16)2/h4-7,9H,3,8H2,1-2H3. The Balaban J connectivity index is 1.87. The molecule has 30 heavy (non-hydrogen) atoms. The average Bonchev–Trinajstić information content (AvgIpc) is 3.41. The molecule has 10 nitrogen and oxygen atoms in total. The molecule has 0 bridgehead atoms. The summed E-state index contributed by atoms with van der Waals surface area (Å²) in [6.45, 7) is 2.49. The van der Waals surface area contributed by atoms with E-state index in [1.54, 1.807) is 16.2 Å². The number of imidazole rings is 1. The number of hydrogen-bond donors (Lipinski definition) is 0.